The number of ether oxygens (including phenoxy) is 2. The SMILES string of the molecule is Cc1c(-c2ccc([C@]34C(=C=O)CCC[C@]3(OC(N)=O)N3CCCC3c3ncc4[nH]3)cc2)ccc([C@]23C(=C=O)CCC[C@]2(OC(N)=O)N2CCCC2c2ncc3[nH]2)c1C. The first-order valence-corrected chi connectivity index (χ1v) is 20.4. The molecule has 6 N–H and O–H groups in total. The molecule has 2 aromatic heterocycles. The predicted octanol–water partition coefficient (Wildman–Crippen LogP) is 5.76. The fraction of sp³-hybridized carbons (Fsp3) is 0.455. The Bertz CT molecular complexity index is 2500. The molecule has 2 aromatic carbocycles. The minimum atomic E-state index is -1.29. The third-order valence-electron chi connectivity index (χ3n) is 14.6. The van der Waals surface area contributed by atoms with Gasteiger partial charge in [-0.25, -0.2) is 29.1 Å². The van der Waals surface area contributed by atoms with Gasteiger partial charge in [-0.05, 0) is 98.6 Å². The first-order chi connectivity index (χ1) is 28.1. The van der Waals surface area contributed by atoms with Crippen molar-refractivity contribution in [2.75, 3.05) is 13.1 Å². The van der Waals surface area contributed by atoms with Crippen LogP contribution in [0.3, 0.4) is 0 Å². The number of amides is 2. The van der Waals surface area contributed by atoms with Crippen LogP contribution in [0.4, 0.5) is 9.59 Å². The lowest BCUT2D eigenvalue weighted by molar-refractivity contribution is -0.163. The number of primary amides is 2. The van der Waals surface area contributed by atoms with Crippen LogP contribution in [-0.4, -0.2) is 78.3 Å². The highest BCUT2D eigenvalue weighted by Crippen LogP contribution is 2.63. The molecular formula is C44H46N8O6. The van der Waals surface area contributed by atoms with Gasteiger partial charge in [0.15, 0.2) is 11.4 Å². The summed E-state index contributed by atoms with van der Waals surface area (Å²) in [5.74, 6) is 6.17. The molecular weight excluding hydrogens is 737 g/mol. The van der Waals surface area contributed by atoms with Gasteiger partial charge in [0, 0.05) is 49.5 Å². The van der Waals surface area contributed by atoms with Crippen LogP contribution in [0.1, 0.15) is 122 Å². The highest BCUT2D eigenvalue weighted by Gasteiger charge is 2.69. The quantitative estimate of drug-likeness (QED) is 0.180. The van der Waals surface area contributed by atoms with Crippen LogP contribution >= 0.6 is 0 Å². The minimum Gasteiger partial charge on any atom is -0.426 e. The topological polar surface area (TPSA) is 203 Å². The minimum absolute atomic E-state index is 0.132. The zero-order valence-corrected chi connectivity index (χ0v) is 32.7. The van der Waals surface area contributed by atoms with Gasteiger partial charge in [-0.1, -0.05) is 36.4 Å². The number of nitrogens with one attached hydrogen (secondary N) is 2. The van der Waals surface area contributed by atoms with Crippen LogP contribution in [0.25, 0.3) is 11.1 Å². The number of benzene rings is 2. The Balaban J connectivity index is 1.14. The van der Waals surface area contributed by atoms with Gasteiger partial charge < -0.3 is 30.9 Å². The molecule has 6 atom stereocenters. The van der Waals surface area contributed by atoms with Crippen molar-refractivity contribution in [3.05, 3.63) is 105 Å². The fourth-order valence-corrected chi connectivity index (χ4v) is 12.5. The van der Waals surface area contributed by atoms with Crippen molar-refractivity contribution in [2.45, 2.75) is 112 Å². The number of aromatic nitrogens is 4. The van der Waals surface area contributed by atoms with Gasteiger partial charge in [0.25, 0.3) is 0 Å². The summed E-state index contributed by atoms with van der Waals surface area (Å²) in [6.07, 6.45) is 8.26. The Hall–Kier alpha value is -5.78. The van der Waals surface area contributed by atoms with Crippen LogP contribution in [0.2, 0.25) is 0 Å². The van der Waals surface area contributed by atoms with Gasteiger partial charge in [-0.2, -0.15) is 0 Å². The third kappa shape index (κ3) is 4.46. The molecule has 10 rings (SSSR count). The first-order valence-electron chi connectivity index (χ1n) is 20.4. The van der Waals surface area contributed by atoms with Crippen LogP contribution in [-0.2, 0) is 29.9 Å². The van der Waals surface area contributed by atoms with Crippen molar-refractivity contribution in [1.29, 1.82) is 0 Å². The highest BCUT2D eigenvalue weighted by atomic mass is 16.6. The average Bonchev–Trinajstić information content (AvgIpc) is 4.04. The Morgan fingerprint density at radius 3 is 1.78 bits per heavy atom. The predicted molar refractivity (Wildman–Crippen MR) is 210 cm³/mol. The van der Waals surface area contributed by atoms with Gasteiger partial charge >= 0.3 is 12.2 Å². The van der Waals surface area contributed by atoms with E-state index in [4.69, 9.17) is 30.9 Å². The number of nitrogens with zero attached hydrogens (tertiary/aromatic N) is 4. The Labute approximate surface area is 335 Å². The molecule has 2 aliphatic carbocycles. The van der Waals surface area contributed by atoms with Crippen molar-refractivity contribution in [3.63, 3.8) is 0 Å². The summed E-state index contributed by atoms with van der Waals surface area (Å²) >= 11 is 0. The summed E-state index contributed by atoms with van der Waals surface area (Å²) in [5.41, 5.74) is 14.4. The van der Waals surface area contributed by atoms with Crippen molar-refractivity contribution in [3.8, 4) is 11.1 Å². The molecule has 14 heteroatoms. The molecule has 298 valence electrons. The molecule has 2 amide bonds. The molecule has 4 bridgehead atoms. The highest BCUT2D eigenvalue weighted by molar-refractivity contribution is 5.76. The standard InChI is InChI=1S/C44H46N8O6/c1-25-26(2)32(44-30(24-54)8-4-18-42(44,58-40(46)56)52-20-6-10-34(52)38-48-22-36(44)50-38)16-15-31(25)27-11-13-28(14-12-27)43-29(23-53)7-3-17-41(43,57-39(45)55)51-19-5-9-33(51)37-47-21-35(43)49-37/h11-16,21-22,33-34H,3-10,17-20H2,1-2H3,(H2,45,55)(H2,46,56)(H,47,49)(H,48,50)/t33?,34?,41-,42-,43-,44+/m1/s1. The van der Waals surface area contributed by atoms with Crippen molar-refractivity contribution in [1.82, 2.24) is 29.7 Å². The van der Waals surface area contributed by atoms with E-state index in [0.29, 0.717) is 74.1 Å². The average molecular weight is 783 g/mol. The van der Waals surface area contributed by atoms with E-state index in [2.05, 4.69) is 44.6 Å². The molecule has 2 saturated heterocycles. The van der Waals surface area contributed by atoms with E-state index in [1.54, 1.807) is 12.4 Å². The lowest BCUT2D eigenvalue weighted by atomic mass is 9.57. The molecule has 2 unspecified atom stereocenters. The maximum absolute atomic E-state index is 13.2. The smallest absolute Gasteiger partial charge is 0.406 e. The third-order valence-corrected chi connectivity index (χ3v) is 14.6. The van der Waals surface area contributed by atoms with E-state index in [-0.39, 0.29) is 12.1 Å². The second-order valence-corrected chi connectivity index (χ2v) is 16.8. The number of fused-ring (bicyclic) bond motifs is 14. The van der Waals surface area contributed by atoms with Crippen molar-refractivity contribution < 1.29 is 28.7 Å². The van der Waals surface area contributed by atoms with Gasteiger partial charge in [0.1, 0.15) is 34.4 Å². The molecule has 0 spiro atoms. The maximum atomic E-state index is 13.2. The van der Waals surface area contributed by atoms with E-state index in [1.165, 1.54) is 0 Å². The summed E-state index contributed by atoms with van der Waals surface area (Å²) in [4.78, 5) is 73.2. The summed E-state index contributed by atoms with van der Waals surface area (Å²) < 4.78 is 12.7. The fourth-order valence-electron chi connectivity index (χ4n) is 12.5. The van der Waals surface area contributed by atoms with Crippen LogP contribution in [0.15, 0.2) is 59.9 Å². The molecule has 58 heavy (non-hydrogen) atoms. The second kappa shape index (κ2) is 12.9. The lowest BCUT2D eigenvalue weighted by Crippen LogP contribution is -2.67. The molecule has 0 radical (unpaired) electrons. The van der Waals surface area contributed by atoms with E-state index in [0.717, 1.165) is 70.7 Å². The van der Waals surface area contributed by atoms with Crippen molar-refractivity contribution >= 4 is 24.1 Å². The molecule has 6 aliphatic rings. The number of hydrogen-bond acceptors (Lipinski definition) is 10. The van der Waals surface area contributed by atoms with Crippen LogP contribution < -0.4 is 11.5 Å². The summed E-state index contributed by atoms with van der Waals surface area (Å²) in [5, 5.41) is 0. The number of nitrogens with two attached hydrogens (primary N) is 2. The van der Waals surface area contributed by atoms with Crippen LogP contribution in [0.5, 0.6) is 0 Å². The van der Waals surface area contributed by atoms with E-state index in [1.807, 2.05) is 37.3 Å². The number of imidazole rings is 2. The molecule has 4 aliphatic heterocycles. The number of hydrogen-bond donors (Lipinski definition) is 4. The second-order valence-electron chi connectivity index (χ2n) is 16.8. The largest absolute Gasteiger partial charge is 0.426 e. The Morgan fingerprint density at radius 2 is 1.24 bits per heavy atom. The Kier molecular flexibility index (Phi) is 8.11. The number of aromatic amines is 2. The van der Waals surface area contributed by atoms with E-state index < -0.39 is 34.5 Å². The molecule has 4 fully saturated rings. The summed E-state index contributed by atoms with van der Waals surface area (Å²) in [6.45, 7) is 5.39. The zero-order chi connectivity index (χ0) is 40.2. The monoisotopic (exact) mass is 782 g/mol. The summed E-state index contributed by atoms with van der Waals surface area (Å²) in [7, 11) is 0. The number of carbonyl (C=O) groups is 2. The van der Waals surface area contributed by atoms with Gasteiger partial charge in [0.2, 0.25) is 0 Å². The van der Waals surface area contributed by atoms with Crippen molar-refractivity contribution in [2.24, 2.45) is 11.5 Å². The van der Waals surface area contributed by atoms with Gasteiger partial charge in [-0.15, -0.1) is 0 Å². The summed E-state index contributed by atoms with van der Waals surface area (Å²) in [6, 6.07) is 11.9. The maximum Gasteiger partial charge on any atom is 0.406 e. The molecule has 2 saturated carbocycles. The normalized spacial score (nSPS) is 31.1. The zero-order valence-electron chi connectivity index (χ0n) is 32.7. The van der Waals surface area contributed by atoms with E-state index >= 15 is 0 Å². The van der Waals surface area contributed by atoms with E-state index in [9.17, 15) is 19.2 Å². The van der Waals surface area contributed by atoms with Gasteiger partial charge in [-0.3, -0.25) is 9.80 Å². The first kappa shape index (κ1) is 36.6. The molecule has 14 nitrogen and oxygen atoms in total. The number of H-pyrrole nitrogens is 2. The molecule has 4 aromatic rings. The number of carbonyl (C=O) groups excluding carboxylic acids is 4. The van der Waals surface area contributed by atoms with Crippen LogP contribution in [0, 0.1) is 13.8 Å². The molecule has 6 heterocycles. The lowest BCUT2D eigenvalue weighted by Gasteiger charge is -2.56. The van der Waals surface area contributed by atoms with Gasteiger partial charge in [0.05, 0.1) is 23.5 Å². The number of rotatable bonds is 5. The Morgan fingerprint density at radius 1 is 0.724 bits per heavy atom.